The van der Waals surface area contributed by atoms with E-state index < -0.39 is 0 Å². The topological polar surface area (TPSA) is 49.3 Å². The van der Waals surface area contributed by atoms with Crippen molar-refractivity contribution in [1.29, 1.82) is 0 Å². The van der Waals surface area contributed by atoms with E-state index in [1.54, 1.807) is 25.6 Å². The lowest BCUT2D eigenvalue weighted by atomic mass is 10.1. The minimum absolute atomic E-state index is 0.133. The van der Waals surface area contributed by atoms with Gasteiger partial charge in [0.1, 0.15) is 0 Å². The minimum atomic E-state index is 0.133. The Balaban J connectivity index is 2.14. The maximum atomic E-state index is 5.48. The highest BCUT2D eigenvalue weighted by molar-refractivity contribution is 7.09. The number of hydrogen-bond donors (Lipinski definition) is 1. The first kappa shape index (κ1) is 23.0. The third kappa shape index (κ3) is 6.65. The predicted molar refractivity (Wildman–Crippen MR) is 123 cm³/mol. The molecule has 6 nitrogen and oxygen atoms in total. The number of nitrogens with zero attached hydrogens (tertiary/aromatic N) is 3. The number of benzene rings is 1. The van der Waals surface area contributed by atoms with Crippen molar-refractivity contribution < 1.29 is 9.47 Å². The van der Waals surface area contributed by atoms with Crippen molar-refractivity contribution in [3.05, 3.63) is 46.2 Å². The maximum Gasteiger partial charge on any atom is 0.193 e. The lowest BCUT2D eigenvalue weighted by Crippen LogP contribution is -2.40. The predicted octanol–water partition coefficient (Wildman–Crippen LogP) is 3.51. The quantitative estimate of drug-likeness (QED) is 0.473. The zero-order valence-electron chi connectivity index (χ0n) is 18.4. The zero-order chi connectivity index (χ0) is 21.2. The van der Waals surface area contributed by atoms with Crippen molar-refractivity contribution >= 4 is 17.3 Å². The molecule has 0 saturated carbocycles. The SMILES string of the molecule is CCNC(=NCC(c1ccc(OC)c(OC)c1)N(C)C)N(C)CCc1cccs1. The number of aliphatic imine (C=N–C) groups is 1. The summed E-state index contributed by atoms with van der Waals surface area (Å²) < 4.78 is 10.8. The molecule has 1 aromatic carbocycles. The zero-order valence-corrected chi connectivity index (χ0v) is 19.3. The Morgan fingerprint density at radius 1 is 1.14 bits per heavy atom. The molecule has 0 radical (unpaired) electrons. The summed E-state index contributed by atoms with van der Waals surface area (Å²) in [6, 6.07) is 10.5. The van der Waals surface area contributed by atoms with E-state index >= 15 is 0 Å². The van der Waals surface area contributed by atoms with Gasteiger partial charge in [-0.25, -0.2) is 0 Å². The summed E-state index contributed by atoms with van der Waals surface area (Å²) in [5.74, 6) is 2.40. The van der Waals surface area contributed by atoms with Crippen molar-refractivity contribution in [2.24, 2.45) is 4.99 Å². The summed E-state index contributed by atoms with van der Waals surface area (Å²) in [6.07, 6.45) is 1.02. The van der Waals surface area contributed by atoms with Crippen LogP contribution in [0.15, 0.2) is 40.7 Å². The van der Waals surface area contributed by atoms with Crippen LogP contribution in [-0.4, -0.2) is 70.8 Å². The monoisotopic (exact) mass is 418 g/mol. The van der Waals surface area contributed by atoms with Gasteiger partial charge in [-0.15, -0.1) is 11.3 Å². The summed E-state index contributed by atoms with van der Waals surface area (Å²) >= 11 is 1.80. The first-order valence-electron chi connectivity index (χ1n) is 9.90. The highest BCUT2D eigenvalue weighted by Gasteiger charge is 2.17. The Morgan fingerprint density at radius 2 is 1.90 bits per heavy atom. The average Bonchev–Trinajstić information content (AvgIpc) is 3.24. The third-order valence-electron chi connectivity index (χ3n) is 4.80. The summed E-state index contributed by atoms with van der Waals surface area (Å²) in [5.41, 5.74) is 1.15. The molecular weight excluding hydrogens is 384 g/mol. The standard InChI is InChI=1S/C22H34N4O2S/c1-7-23-22(26(4)13-12-18-9-8-14-29-18)24-16-19(25(2)3)17-10-11-20(27-5)21(15-17)28-6/h8-11,14-15,19H,7,12-13,16H2,1-6H3,(H,23,24). The van der Waals surface area contributed by atoms with Crippen LogP contribution >= 0.6 is 11.3 Å². The molecular formula is C22H34N4O2S. The Morgan fingerprint density at radius 3 is 2.48 bits per heavy atom. The molecule has 1 N–H and O–H groups in total. The second-order valence-electron chi connectivity index (χ2n) is 7.04. The summed E-state index contributed by atoms with van der Waals surface area (Å²) in [5, 5.41) is 5.54. The molecule has 1 aromatic heterocycles. The van der Waals surface area contributed by atoms with Crippen molar-refractivity contribution in [3.63, 3.8) is 0 Å². The van der Waals surface area contributed by atoms with Crippen LogP contribution in [0.5, 0.6) is 11.5 Å². The molecule has 7 heteroatoms. The van der Waals surface area contributed by atoms with Gasteiger partial charge in [-0.2, -0.15) is 0 Å². The van der Waals surface area contributed by atoms with Crippen LogP contribution in [0.3, 0.4) is 0 Å². The molecule has 1 unspecified atom stereocenters. The molecule has 2 rings (SSSR count). The molecule has 0 aliphatic rings. The molecule has 0 aliphatic heterocycles. The van der Waals surface area contributed by atoms with Gasteiger partial charge in [0.25, 0.3) is 0 Å². The molecule has 0 spiro atoms. The van der Waals surface area contributed by atoms with Gasteiger partial charge >= 0.3 is 0 Å². The second kappa shape index (κ2) is 11.7. The van der Waals surface area contributed by atoms with Crippen LogP contribution in [0, 0.1) is 0 Å². The van der Waals surface area contributed by atoms with Crippen LogP contribution in [0.2, 0.25) is 0 Å². The smallest absolute Gasteiger partial charge is 0.193 e. The summed E-state index contributed by atoms with van der Waals surface area (Å²) in [4.78, 5) is 10.7. The van der Waals surface area contributed by atoms with Crippen LogP contribution in [0.1, 0.15) is 23.4 Å². The van der Waals surface area contributed by atoms with Crippen LogP contribution in [0.25, 0.3) is 0 Å². The molecule has 0 aliphatic carbocycles. The van der Waals surface area contributed by atoms with Gasteiger partial charge in [0, 0.05) is 25.0 Å². The number of thiophene rings is 1. The van der Waals surface area contributed by atoms with Crippen molar-refractivity contribution in [2.45, 2.75) is 19.4 Å². The van der Waals surface area contributed by atoms with Gasteiger partial charge in [0.2, 0.25) is 0 Å². The maximum absolute atomic E-state index is 5.48. The first-order chi connectivity index (χ1) is 14.0. The summed E-state index contributed by atoms with van der Waals surface area (Å²) in [6.45, 7) is 4.51. The number of ether oxygens (including phenoxy) is 2. The van der Waals surface area contributed by atoms with Gasteiger partial charge in [0.05, 0.1) is 26.8 Å². The molecule has 160 valence electrons. The van der Waals surface area contributed by atoms with Crippen LogP contribution in [0.4, 0.5) is 0 Å². The van der Waals surface area contributed by atoms with Crippen LogP contribution in [-0.2, 0) is 6.42 Å². The number of rotatable bonds is 10. The van der Waals surface area contributed by atoms with E-state index in [2.05, 4.69) is 66.8 Å². The van der Waals surface area contributed by atoms with Crippen LogP contribution < -0.4 is 14.8 Å². The van der Waals surface area contributed by atoms with Crippen molar-refractivity contribution in [1.82, 2.24) is 15.1 Å². The molecule has 1 heterocycles. The number of likely N-dealkylation sites (N-methyl/N-ethyl adjacent to an activating group) is 2. The van der Waals surface area contributed by atoms with Gasteiger partial charge < -0.3 is 24.6 Å². The van der Waals surface area contributed by atoms with Gasteiger partial charge in [-0.3, -0.25) is 4.99 Å². The highest BCUT2D eigenvalue weighted by atomic mass is 32.1. The first-order valence-corrected chi connectivity index (χ1v) is 10.8. The Hall–Kier alpha value is -2.25. The third-order valence-corrected chi connectivity index (χ3v) is 5.74. The lowest BCUT2D eigenvalue weighted by Gasteiger charge is -2.26. The minimum Gasteiger partial charge on any atom is -0.493 e. The highest BCUT2D eigenvalue weighted by Crippen LogP contribution is 2.31. The number of guanidine groups is 1. The number of nitrogens with one attached hydrogen (secondary N) is 1. The van der Waals surface area contributed by atoms with E-state index in [0.717, 1.165) is 42.5 Å². The number of hydrogen-bond acceptors (Lipinski definition) is 5. The normalized spacial score (nSPS) is 12.7. The number of methoxy groups -OCH3 is 2. The molecule has 0 amide bonds. The largest absolute Gasteiger partial charge is 0.493 e. The second-order valence-corrected chi connectivity index (χ2v) is 8.07. The van der Waals surface area contributed by atoms with Gasteiger partial charge in [0.15, 0.2) is 17.5 Å². The molecule has 0 bridgehead atoms. The fourth-order valence-electron chi connectivity index (χ4n) is 3.11. The molecule has 29 heavy (non-hydrogen) atoms. The lowest BCUT2D eigenvalue weighted by molar-refractivity contribution is 0.302. The average molecular weight is 419 g/mol. The van der Waals surface area contributed by atoms with E-state index in [1.165, 1.54) is 4.88 Å². The van der Waals surface area contributed by atoms with Gasteiger partial charge in [-0.05, 0) is 56.6 Å². The van der Waals surface area contributed by atoms with Crippen molar-refractivity contribution in [3.8, 4) is 11.5 Å². The molecule has 2 aromatic rings. The molecule has 0 fully saturated rings. The van der Waals surface area contributed by atoms with Gasteiger partial charge in [-0.1, -0.05) is 12.1 Å². The van der Waals surface area contributed by atoms with E-state index in [-0.39, 0.29) is 6.04 Å². The molecule has 1 atom stereocenters. The van der Waals surface area contributed by atoms with E-state index in [4.69, 9.17) is 14.5 Å². The van der Waals surface area contributed by atoms with E-state index in [0.29, 0.717) is 6.54 Å². The summed E-state index contributed by atoms with van der Waals surface area (Å²) in [7, 11) is 9.56. The fourth-order valence-corrected chi connectivity index (χ4v) is 3.81. The Kier molecular flexibility index (Phi) is 9.28. The fraction of sp³-hybridized carbons (Fsp3) is 0.500. The van der Waals surface area contributed by atoms with Crippen molar-refractivity contribution in [2.75, 3.05) is 55.0 Å². The Bertz CT molecular complexity index is 762. The van der Waals surface area contributed by atoms with E-state index in [1.807, 2.05) is 12.1 Å². The van der Waals surface area contributed by atoms with E-state index in [9.17, 15) is 0 Å². The Labute approximate surface area is 179 Å². The molecule has 0 saturated heterocycles.